The normalized spacial score (nSPS) is 24.1. The van der Waals surface area contributed by atoms with E-state index in [4.69, 9.17) is 0 Å². The second-order valence-corrected chi connectivity index (χ2v) is 5.20. The molecule has 1 fully saturated rings. The van der Waals surface area contributed by atoms with Crippen molar-refractivity contribution in [1.29, 1.82) is 0 Å². The van der Waals surface area contributed by atoms with Crippen molar-refractivity contribution in [1.82, 2.24) is 9.80 Å². The molecule has 0 spiro atoms. The largest absolute Gasteiger partial charge is 0.388 e. The van der Waals surface area contributed by atoms with E-state index in [1.165, 1.54) is 12.1 Å². The molecular weight excluding hydrogens is 231 g/mol. The summed E-state index contributed by atoms with van der Waals surface area (Å²) in [5.41, 5.74) is 0.790. The van der Waals surface area contributed by atoms with Crippen molar-refractivity contribution >= 4 is 0 Å². The molecule has 0 bridgehead atoms. The fourth-order valence-corrected chi connectivity index (χ4v) is 2.43. The summed E-state index contributed by atoms with van der Waals surface area (Å²) in [6.45, 7) is 3.06. The first-order valence-corrected chi connectivity index (χ1v) is 6.38. The first-order valence-electron chi connectivity index (χ1n) is 6.38. The predicted octanol–water partition coefficient (Wildman–Crippen LogP) is 1.50. The Morgan fingerprint density at radius 3 is 2.61 bits per heavy atom. The van der Waals surface area contributed by atoms with Crippen molar-refractivity contribution in [3.8, 4) is 0 Å². The summed E-state index contributed by atoms with van der Waals surface area (Å²) in [6, 6.07) is 6.47. The van der Waals surface area contributed by atoms with Gasteiger partial charge in [-0.2, -0.15) is 0 Å². The van der Waals surface area contributed by atoms with E-state index in [2.05, 4.69) is 23.9 Å². The SMILES string of the molecule is CN1CCN(C)C(CC(O)c2ccc(F)cc2)C1. The second kappa shape index (κ2) is 5.78. The number of rotatable bonds is 3. The van der Waals surface area contributed by atoms with Gasteiger partial charge in [-0.15, -0.1) is 0 Å². The Morgan fingerprint density at radius 1 is 1.28 bits per heavy atom. The van der Waals surface area contributed by atoms with E-state index in [9.17, 15) is 9.50 Å². The van der Waals surface area contributed by atoms with Gasteiger partial charge in [0.2, 0.25) is 0 Å². The first-order chi connectivity index (χ1) is 8.56. The number of hydrogen-bond donors (Lipinski definition) is 1. The molecule has 1 N–H and O–H groups in total. The molecule has 2 atom stereocenters. The molecule has 1 saturated heterocycles. The average Bonchev–Trinajstić information content (AvgIpc) is 2.34. The number of nitrogens with zero attached hydrogens (tertiary/aromatic N) is 2. The molecule has 0 aliphatic carbocycles. The molecule has 2 rings (SSSR count). The molecule has 3 nitrogen and oxygen atoms in total. The van der Waals surface area contributed by atoms with Gasteiger partial charge in [0.1, 0.15) is 5.82 Å². The van der Waals surface area contributed by atoms with Crippen LogP contribution in [0.1, 0.15) is 18.1 Å². The lowest BCUT2D eigenvalue weighted by atomic mass is 9.99. The Morgan fingerprint density at radius 2 is 1.94 bits per heavy atom. The summed E-state index contributed by atoms with van der Waals surface area (Å²) in [6.07, 6.45) is 0.163. The summed E-state index contributed by atoms with van der Waals surface area (Å²) in [7, 11) is 4.19. The minimum Gasteiger partial charge on any atom is -0.388 e. The summed E-state index contributed by atoms with van der Waals surface area (Å²) in [4.78, 5) is 4.56. The zero-order valence-corrected chi connectivity index (χ0v) is 11.0. The van der Waals surface area contributed by atoms with Crippen LogP contribution >= 0.6 is 0 Å². The third-order valence-corrected chi connectivity index (χ3v) is 3.73. The Balaban J connectivity index is 1.97. The van der Waals surface area contributed by atoms with E-state index >= 15 is 0 Å². The molecule has 1 heterocycles. The number of piperazine rings is 1. The minimum atomic E-state index is -0.524. The molecule has 100 valence electrons. The lowest BCUT2D eigenvalue weighted by molar-refractivity contribution is 0.0634. The maximum Gasteiger partial charge on any atom is 0.123 e. The lowest BCUT2D eigenvalue weighted by Gasteiger charge is -2.38. The van der Waals surface area contributed by atoms with Crippen LogP contribution < -0.4 is 0 Å². The van der Waals surface area contributed by atoms with E-state index in [0.717, 1.165) is 25.2 Å². The van der Waals surface area contributed by atoms with E-state index in [-0.39, 0.29) is 5.82 Å². The van der Waals surface area contributed by atoms with Crippen molar-refractivity contribution in [3.63, 3.8) is 0 Å². The number of aliphatic hydroxyl groups excluding tert-OH is 1. The van der Waals surface area contributed by atoms with Crippen molar-refractivity contribution in [2.45, 2.75) is 18.6 Å². The molecule has 0 aromatic heterocycles. The van der Waals surface area contributed by atoms with Gasteiger partial charge in [-0.1, -0.05) is 12.1 Å². The molecule has 1 aliphatic rings. The number of benzene rings is 1. The molecule has 0 radical (unpaired) electrons. The van der Waals surface area contributed by atoms with E-state index in [1.807, 2.05) is 0 Å². The van der Waals surface area contributed by atoms with E-state index in [0.29, 0.717) is 12.5 Å². The maximum absolute atomic E-state index is 12.8. The van der Waals surface area contributed by atoms with Crippen LogP contribution in [0.5, 0.6) is 0 Å². The highest BCUT2D eigenvalue weighted by Gasteiger charge is 2.24. The van der Waals surface area contributed by atoms with Crippen LogP contribution in [0, 0.1) is 5.82 Å². The van der Waals surface area contributed by atoms with Crippen LogP contribution in [0.3, 0.4) is 0 Å². The third kappa shape index (κ3) is 3.28. The van der Waals surface area contributed by atoms with E-state index in [1.54, 1.807) is 12.1 Å². The molecule has 2 unspecified atom stereocenters. The molecule has 0 saturated carbocycles. The Hall–Kier alpha value is -0.970. The number of aliphatic hydroxyl groups is 1. The van der Waals surface area contributed by atoms with Gasteiger partial charge in [0.05, 0.1) is 6.10 Å². The number of likely N-dealkylation sites (N-methyl/N-ethyl adjacent to an activating group) is 2. The van der Waals surface area contributed by atoms with Gasteiger partial charge in [-0.3, -0.25) is 0 Å². The molecule has 1 aromatic carbocycles. The summed E-state index contributed by atoms with van der Waals surface area (Å²) < 4.78 is 12.8. The summed E-state index contributed by atoms with van der Waals surface area (Å²) >= 11 is 0. The Labute approximate surface area is 108 Å². The number of hydrogen-bond acceptors (Lipinski definition) is 3. The molecule has 1 aliphatic heterocycles. The van der Waals surface area contributed by atoms with Gasteiger partial charge in [-0.25, -0.2) is 4.39 Å². The molecule has 18 heavy (non-hydrogen) atoms. The zero-order chi connectivity index (χ0) is 13.1. The molecular formula is C14H21FN2O. The quantitative estimate of drug-likeness (QED) is 0.883. The van der Waals surface area contributed by atoms with Crippen molar-refractivity contribution in [3.05, 3.63) is 35.6 Å². The monoisotopic (exact) mass is 252 g/mol. The van der Waals surface area contributed by atoms with Gasteiger partial charge in [-0.05, 0) is 38.2 Å². The van der Waals surface area contributed by atoms with Crippen molar-refractivity contribution in [2.75, 3.05) is 33.7 Å². The zero-order valence-electron chi connectivity index (χ0n) is 11.0. The lowest BCUT2D eigenvalue weighted by Crippen LogP contribution is -2.50. The fraction of sp³-hybridized carbons (Fsp3) is 0.571. The van der Waals surface area contributed by atoms with Crippen LogP contribution in [-0.4, -0.2) is 54.7 Å². The first kappa shape index (κ1) is 13.5. The topological polar surface area (TPSA) is 26.7 Å². The van der Waals surface area contributed by atoms with Gasteiger partial charge < -0.3 is 14.9 Å². The Kier molecular flexibility index (Phi) is 4.32. The highest BCUT2D eigenvalue weighted by Crippen LogP contribution is 2.22. The third-order valence-electron chi connectivity index (χ3n) is 3.73. The van der Waals surface area contributed by atoms with Crippen LogP contribution in [0.4, 0.5) is 4.39 Å². The van der Waals surface area contributed by atoms with E-state index < -0.39 is 6.10 Å². The molecule has 0 amide bonds. The van der Waals surface area contributed by atoms with Gasteiger partial charge in [0, 0.05) is 25.7 Å². The summed E-state index contributed by atoms with van der Waals surface area (Å²) in [5, 5.41) is 10.2. The van der Waals surface area contributed by atoms with Crippen molar-refractivity contribution < 1.29 is 9.50 Å². The van der Waals surface area contributed by atoms with Gasteiger partial charge in [0.15, 0.2) is 0 Å². The number of halogens is 1. The predicted molar refractivity (Wildman–Crippen MR) is 69.9 cm³/mol. The van der Waals surface area contributed by atoms with Crippen LogP contribution in [0.25, 0.3) is 0 Å². The molecule has 1 aromatic rings. The van der Waals surface area contributed by atoms with Gasteiger partial charge >= 0.3 is 0 Å². The highest BCUT2D eigenvalue weighted by atomic mass is 19.1. The van der Waals surface area contributed by atoms with Crippen LogP contribution in [0.15, 0.2) is 24.3 Å². The van der Waals surface area contributed by atoms with Crippen LogP contribution in [-0.2, 0) is 0 Å². The minimum absolute atomic E-state index is 0.263. The van der Waals surface area contributed by atoms with Crippen LogP contribution in [0.2, 0.25) is 0 Å². The average molecular weight is 252 g/mol. The maximum atomic E-state index is 12.8. The highest BCUT2D eigenvalue weighted by molar-refractivity contribution is 5.18. The smallest absolute Gasteiger partial charge is 0.123 e. The van der Waals surface area contributed by atoms with Gasteiger partial charge in [0.25, 0.3) is 0 Å². The molecule has 4 heteroatoms. The Bertz CT molecular complexity index is 382. The summed E-state index contributed by atoms with van der Waals surface area (Å²) in [5.74, 6) is -0.263. The standard InChI is InChI=1S/C14H21FN2O/c1-16-7-8-17(2)13(10-16)9-14(18)11-3-5-12(15)6-4-11/h3-6,13-14,18H,7-10H2,1-2H3. The fourth-order valence-electron chi connectivity index (χ4n) is 2.43. The second-order valence-electron chi connectivity index (χ2n) is 5.20. The van der Waals surface area contributed by atoms with Crippen molar-refractivity contribution in [2.24, 2.45) is 0 Å².